The fourth-order valence-electron chi connectivity index (χ4n) is 0.342. The van der Waals surface area contributed by atoms with E-state index in [-0.39, 0.29) is 72.0 Å². The molecule has 0 fully saturated rings. The van der Waals surface area contributed by atoms with Crippen LogP contribution in [0.3, 0.4) is 0 Å². The summed E-state index contributed by atoms with van der Waals surface area (Å²) in [7, 11) is 0. The molecule has 0 amide bonds. The largest absolute Gasteiger partial charge is 5.00 e. The first-order valence-electron chi connectivity index (χ1n) is 1.91. The van der Waals surface area contributed by atoms with E-state index < -0.39 is 0 Å². The first-order valence-corrected chi connectivity index (χ1v) is 1.91. The predicted octanol–water partition coefficient (Wildman–Crippen LogP) is -10.5. The zero-order valence-electron chi connectivity index (χ0n) is 5.35. The van der Waals surface area contributed by atoms with Crippen LogP contribution in [0.2, 0.25) is 0 Å². The molecule has 0 aliphatic carbocycles. The van der Waals surface area contributed by atoms with Gasteiger partial charge in [0.1, 0.15) is 0 Å². The Labute approximate surface area is 108 Å². The van der Waals surface area contributed by atoms with Gasteiger partial charge in [-0.25, -0.2) is 0 Å². The fraction of sp³-hybridized carbons (Fsp3) is 0. The van der Waals surface area contributed by atoms with Gasteiger partial charge >= 0.3 is 22.4 Å². The smallest absolute Gasteiger partial charge is 1.00 e. The Bertz CT molecular complexity index is 86.5. The van der Waals surface area contributed by atoms with Gasteiger partial charge in [0.05, 0.1) is 0 Å². The molecule has 0 aromatic heterocycles. The van der Waals surface area contributed by atoms with Crippen molar-refractivity contribution in [2.24, 2.45) is 0 Å². The zero-order chi connectivity index (χ0) is 4.24. The van der Waals surface area contributed by atoms with Gasteiger partial charge in [-0.1, -0.05) is 0 Å². The number of halogens is 4. The van der Waals surface area contributed by atoms with Crippen LogP contribution in [0.5, 0.6) is 0 Å². The van der Waals surface area contributed by atoms with Crippen LogP contribution in [-0.4, -0.2) is 0 Å². The Balaban J connectivity index is -0.0000000240. The van der Waals surface area contributed by atoms with Gasteiger partial charge in [-0.2, -0.15) is 36.4 Å². The van der Waals surface area contributed by atoms with E-state index in [1.807, 2.05) is 30.3 Å². The molecule has 0 saturated heterocycles. The van der Waals surface area contributed by atoms with Crippen LogP contribution < -0.4 is 49.6 Å². The van der Waals surface area contributed by atoms with Crippen LogP contribution >= 0.6 is 0 Å². The predicted molar refractivity (Wildman–Crippen MR) is 25.3 cm³/mol. The fourth-order valence-corrected chi connectivity index (χ4v) is 0.342. The molecule has 1 aromatic carbocycles. The van der Waals surface area contributed by atoms with Crippen molar-refractivity contribution in [1.82, 2.24) is 0 Å². The summed E-state index contributed by atoms with van der Waals surface area (Å²) in [5.74, 6) is 0. The standard InChI is InChI=1S/C6H5.4ClH.Ta/c1-2-4-6-5-3-1;;;;;/h1-5H;4*1H;/q-1;;;;;+5/p-4. The maximum atomic E-state index is 2.89. The molecule has 0 bridgehead atoms. The maximum absolute atomic E-state index is 2.89. The molecule has 0 aliphatic heterocycles. The van der Waals surface area contributed by atoms with Gasteiger partial charge in [-0.05, 0) is 0 Å². The minimum absolute atomic E-state index is 0. The SMILES string of the molecule is [Cl-].[Cl-].[Cl-].[Cl-].[Ta+5].[c-]1ccccc1. The summed E-state index contributed by atoms with van der Waals surface area (Å²) in [6.45, 7) is 0. The van der Waals surface area contributed by atoms with Crippen LogP contribution in [0.15, 0.2) is 30.3 Å². The van der Waals surface area contributed by atoms with E-state index in [1.165, 1.54) is 0 Å². The van der Waals surface area contributed by atoms with E-state index in [1.54, 1.807) is 0 Å². The Hall–Kier alpha value is 1.12. The van der Waals surface area contributed by atoms with E-state index in [0.29, 0.717) is 0 Å². The van der Waals surface area contributed by atoms with Gasteiger partial charge in [0.15, 0.2) is 0 Å². The third-order valence-electron chi connectivity index (χ3n) is 0.607. The van der Waals surface area contributed by atoms with Gasteiger partial charge < -0.3 is 49.6 Å². The van der Waals surface area contributed by atoms with Gasteiger partial charge in [0, 0.05) is 0 Å². The second-order valence-corrected chi connectivity index (χ2v) is 1.08. The molecule has 0 nitrogen and oxygen atoms in total. The first-order chi connectivity index (χ1) is 3.00. The molecule has 0 saturated carbocycles. The molecule has 1 aromatic rings. The average Bonchev–Trinajstić information content (AvgIpc) is 1.72. The van der Waals surface area contributed by atoms with Crippen molar-refractivity contribution < 1.29 is 72.0 Å². The molecule has 0 heterocycles. The number of hydrogen-bond donors (Lipinski definition) is 0. The first kappa shape index (κ1) is 29.6. The summed E-state index contributed by atoms with van der Waals surface area (Å²) in [5, 5.41) is 0. The summed E-state index contributed by atoms with van der Waals surface area (Å²) in [6.07, 6.45) is 0. The summed E-state index contributed by atoms with van der Waals surface area (Å²) in [6, 6.07) is 12.5. The van der Waals surface area contributed by atoms with Crippen LogP contribution in [-0.2, 0) is 22.4 Å². The molecule has 5 heteroatoms. The van der Waals surface area contributed by atoms with Crippen molar-refractivity contribution in [3.8, 4) is 0 Å². The molecule has 0 atom stereocenters. The molecule has 0 unspecified atom stereocenters. The zero-order valence-corrected chi connectivity index (χ0v) is 11.6. The Morgan fingerprint density at radius 1 is 0.636 bits per heavy atom. The third-order valence-corrected chi connectivity index (χ3v) is 0.607. The third kappa shape index (κ3) is 18.2. The molecule has 0 radical (unpaired) electrons. The summed E-state index contributed by atoms with van der Waals surface area (Å²) >= 11 is 0. The van der Waals surface area contributed by atoms with Gasteiger partial charge in [-0.15, -0.1) is 0 Å². The van der Waals surface area contributed by atoms with E-state index in [9.17, 15) is 0 Å². The average molecular weight is 400 g/mol. The second-order valence-electron chi connectivity index (χ2n) is 1.08. The maximum Gasteiger partial charge on any atom is 5.00 e. The number of hydrogen-bond acceptors (Lipinski definition) is 0. The molecular formula is C6H5Cl4Ta. The van der Waals surface area contributed by atoms with E-state index >= 15 is 0 Å². The molecule has 62 valence electrons. The molecule has 0 N–H and O–H groups in total. The van der Waals surface area contributed by atoms with E-state index in [2.05, 4.69) is 6.07 Å². The number of rotatable bonds is 0. The molecule has 11 heavy (non-hydrogen) atoms. The van der Waals surface area contributed by atoms with E-state index in [0.717, 1.165) is 0 Å². The van der Waals surface area contributed by atoms with Crippen molar-refractivity contribution in [1.29, 1.82) is 0 Å². The second kappa shape index (κ2) is 22.5. The quantitative estimate of drug-likeness (QED) is 0.380. The van der Waals surface area contributed by atoms with Crippen molar-refractivity contribution in [2.45, 2.75) is 0 Å². The summed E-state index contributed by atoms with van der Waals surface area (Å²) in [4.78, 5) is 0. The van der Waals surface area contributed by atoms with Crippen LogP contribution in [0, 0.1) is 6.07 Å². The Morgan fingerprint density at radius 3 is 1.09 bits per heavy atom. The topological polar surface area (TPSA) is 0 Å². The Kier molecular flexibility index (Phi) is 60.4. The van der Waals surface area contributed by atoms with E-state index in [4.69, 9.17) is 0 Å². The molecular weight excluding hydrogens is 395 g/mol. The van der Waals surface area contributed by atoms with Crippen molar-refractivity contribution in [3.63, 3.8) is 0 Å². The van der Waals surface area contributed by atoms with Crippen molar-refractivity contribution >= 4 is 0 Å². The normalized spacial score (nSPS) is 4.36. The summed E-state index contributed by atoms with van der Waals surface area (Å²) < 4.78 is 0. The Morgan fingerprint density at radius 2 is 1.00 bits per heavy atom. The van der Waals surface area contributed by atoms with Crippen LogP contribution in [0.25, 0.3) is 0 Å². The van der Waals surface area contributed by atoms with Gasteiger partial charge in [0.25, 0.3) is 0 Å². The molecule has 0 aliphatic rings. The monoisotopic (exact) mass is 398 g/mol. The minimum atomic E-state index is 0. The van der Waals surface area contributed by atoms with Gasteiger partial charge in [-0.3, -0.25) is 0 Å². The molecule has 0 spiro atoms. The minimum Gasteiger partial charge on any atom is -1.00 e. The van der Waals surface area contributed by atoms with Gasteiger partial charge in [0.2, 0.25) is 0 Å². The summed E-state index contributed by atoms with van der Waals surface area (Å²) in [5.41, 5.74) is 0. The number of benzene rings is 1. The molecule has 1 rings (SSSR count). The van der Waals surface area contributed by atoms with Crippen molar-refractivity contribution in [3.05, 3.63) is 36.4 Å². The van der Waals surface area contributed by atoms with Crippen molar-refractivity contribution in [2.75, 3.05) is 0 Å². The van der Waals surface area contributed by atoms with Crippen LogP contribution in [0.1, 0.15) is 0 Å². The van der Waals surface area contributed by atoms with Crippen LogP contribution in [0.4, 0.5) is 0 Å².